The Morgan fingerprint density at radius 3 is 3.00 bits per heavy atom. The summed E-state index contributed by atoms with van der Waals surface area (Å²) in [5, 5.41) is 7.15. The molecule has 0 spiro atoms. The van der Waals surface area contributed by atoms with Crippen LogP contribution in [-0.4, -0.2) is 16.7 Å². The highest BCUT2D eigenvalue weighted by Crippen LogP contribution is 2.36. The van der Waals surface area contributed by atoms with E-state index in [4.69, 9.17) is 4.52 Å². The van der Waals surface area contributed by atoms with Crippen molar-refractivity contribution in [2.45, 2.75) is 45.4 Å². The molecular formula is C11H19N3O. The number of aromatic nitrogens is 2. The van der Waals surface area contributed by atoms with Gasteiger partial charge in [-0.15, -0.1) is 0 Å². The normalized spacial score (nSPS) is 25.7. The van der Waals surface area contributed by atoms with Crippen molar-refractivity contribution in [3.05, 3.63) is 5.82 Å². The molecule has 0 aliphatic heterocycles. The molecule has 0 saturated heterocycles. The maximum Gasteiger partial charge on any atom is 0.321 e. The van der Waals surface area contributed by atoms with Crippen LogP contribution in [0.3, 0.4) is 0 Å². The van der Waals surface area contributed by atoms with Crippen molar-refractivity contribution in [2.75, 3.05) is 11.9 Å². The summed E-state index contributed by atoms with van der Waals surface area (Å²) in [5.41, 5.74) is 0. The van der Waals surface area contributed by atoms with Crippen molar-refractivity contribution in [3.63, 3.8) is 0 Å². The Bertz CT molecular complexity index is 311. The van der Waals surface area contributed by atoms with Crippen LogP contribution in [0.4, 0.5) is 6.01 Å². The summed E-state index contributed by atoms with van der Waals surface area (Å²) in [7, 11) is 0. The Balaban J connectivity index is 1.94. The second-order valence-corrected chi connectivity index (χ2v) is 4.50. The summed E-state index contributed by atoms with van der Waals surface area (Å²) >= 11 is 0. The van der Waals surface area contributed by atoms with Gasteiger partial charge in [-0.2, -0.15) is 4.98 Å². The van der Waals surface area contributed by atoms with Gasteiger partial charge < -0.3 is 9.84 Å². The van der Waals surface area contributed by atoms with E-state index < -0.39 is 0 Å². The van der Waals surface area contributed by atoms with Gasteiger partial charge in [-0.3, -0.25) is 0 Å². The van der Waals surface area contributed by atoms with E-state index in [9.17, 15) is 0 Å². The van der Waals surface area contributed by atoms with Crippen molar-refractivity contribution >= 4 is 6.01 Å². The van der Waals surface area contributed by atoms with Crippen molar-refractivity contribution in [1.82, 2.24) is 10.1 Å². The first kappa shape index (κ1) is 10.5. The minimum atomic E-state index is 0.515. The van der Waals surface area contributed by atoms with Crippen LogP contribution in [0.25, 0.3) is 0 Å². The molecule has 1 aliphatic carbocycles. The molecule has 1 aliphatic rings. The second kappa shape index (κ2) is 4.64. The molecule has 15 heavy (non-hydrogen) atoms. The van der Waals surface area contributed by atoms with Gasteiger partial charge in [0.2, 0.25) is 0 Å². The van der Waals surface area contributed by atoms with Gasteiger partial charge in [-0.25, -0.2) is 0 Å². The Kier molecular flexibility index (Phi) is 3.23. The summed E-state index contributed by atoms with van der Waals surface area (Å²) in [6.45, 7) is 5.29. The first-order valence-corrected chi connectivity index (χ1v) is 5.87. The molecule has 1 saturated carbocycles. The molecule has 1 heterocycles. The zero-order chi connectivity index (χ0) is 10.7. The molecule has 4 heteroatoms. The molecule has 0 bridgehead atoms. The molecule has 4 nitrogen and oxygen atoms in total. The number of anilines is 1. The molecule has 0 radical (unpaired) electrons. The second-order valence-electron chi connectivity index (χ2n) is 4.50. The van der Waals surface area contributed by atoms with Gasteiger partial charge in [0.05, 0.1) is 0 Å². The molecule has 0 amide bonds. The lowest BCUT2D eigenvalue weighted by molar-refractivity contribution is 0.414. The number of rotatable bonds is 4. The first-order valence-electron chi connectivity index (χ1n) is 5.87. The zero-order valence-electron chi connectivity index (χ0n) is 9.49. The Labute approximate surface area is 90.4 Å². The summed E-state index contributed by atoms with van der Waals surface area (Å²) in [5.74, 6) is 2.21. The van der Waals surface area contributed by atoms with E-state index in [1.165, 1.54) is 19.3 Å². The number of nitrogens with zero attached hydrogens (tertiary/aromatic N) is 2. The van der Waals surface area contributed by atoms with Crippen LogP contribution in [0.15, 0.2) is 4.52 Å². The van der Waals surface area contributed by atoms with Crippen molar-refractivity contribution in [1.29, 1.82) is 0 Å². The van der Waals surface area contributed by atoms with Gasteiger partial charge in [0.15, 0.2) is 5.82 Å². The zero-order valence-corrected chi connectivity index (χ0v) is 9.49. The van der Waals surface area contributed by atoms with Gasteiger partial charge in [0, 0.05) is 12.5 Å². The standard InChI is InChI=1S/C11H19N3O/c1-3-6-12-11-13-10(14-15-11)9-5-4-8(2)7-9/h8-9H,3-7H2,1-2H3,(H,12,13,14). The van der Waals surface area contributed by atoms with Gasteiger partial charge >= 0.3 is 6.01 Å². The summed E-state index contributed by atoms with van der Waals surface area (Å²) in [4.78, 5) is 4.38. The topological polar surface area (TPSA) is 51.0 Å². The number of nitrogens with one attached hydrogen (secondary N) is 1. The highest BCUT2D eigenvalue weighted by Gasteiger charge is 2.26. The minimum Gasteiger partial charge on any atom is -0.338 e. The van der Waals surface area contributed by atoms with Crippen LogP contribution >= 0.6 is 0 Å². The third kappa shape index (κ3) is 2.49. The molecule has 84 valence electrons. The lowest BCUT2D eigenvalue weighted by atomic mass is 10.1. The van der Waals surface area contributed by atoms with Gasteiger partial charge in [-0.05, 0) is 31.6 Å². The van der Waals surface area contributed by atoms with Crippen LogP contribution < -0.4 is 5.32 Å². The predicted octanol–water partition coefficient (Wildman–Crippen LogP) is 2.80. The Morgan fingerprint density at radius 2 is 2.33 bits per heavy atom. The van der Waals surface area contributed by atoms with E-state index in [2.05, 4.69) is 29.3 Å². The number of hydrogen-bond donors (Lipinski definition) is 1. The quantitative estimate of drug-likeness (QED) is 0.828. The average Bonchev–Trinajstić information content (AvgIpc) is 2.83. The molecule has 2 unspecified atom stereocenters. The van der Waals surface area contributed by atoms with E-state index in [0.29, 0.717) is 11.9 Å². The molecule has 0 aromatic carbocycles. The van der Waals surface area contributed by atoms with Crippen LogP contribution in [-0.2, 0) is 0 Å². The molecular weight excluding hydrogens is 190 g/mol. The van der Waals surface area contributed by atoms with Gasteiger partial charge in [0.1, 0.15) is 0 Å². The van der Waals surface area contributed by atoms with Crippen LogP contribution in [0.5, 0.6) is 0 Å². The fraction of sp³-hybridized carbons (Fsp3) is 0.818. The molecule has 1 aromatic rings. The molecule has 2 rings (SSSR count). The predicted molar refractivity (Wildman–Crippen MR) is 58.8 cm³/mol. The van der Waals surface area contributed by atoms with Crippen LogP contribution in [0, 0.1) is 5.92 Å². The van der Waals surface area contributed by atoms with E-state index in [0.717, 1.165) is 24.7 Å². The number of hydrogen-bond acceptors (Lipinski definition) is 4. The van der Waals surface area contributed by atoms with E-state index >= 15 is 0 Å². The summed E-state index contributed by atoms with van der Waals surface area (Å²) in [6.07, 6.45) is 4.76. The van der Waals surface area contributed by atoms with Gasteiger partial charge in [0.25, 0.3) is 0 Å². The van der Waals surface area contributed by atoms with Crippen LogP contribution in [0.1, 0.15) is 51.3 Å². The SMILES string of the molecule is CCCNc1nc(C2CCC(C)C2)no1. The van der Waals surface area contributed by atoms with Crippen LogP contribution in [0.2, 0.25) is 0 Å². The van der Waals surface area contributed by atoms with Crippen molar-refractivity contribution in [3.8, 4) is 0 Å². The summed E-state index contributed by atoms with van der Waals surface area (Å²) < 4.78 is 5.14. The Morgan fingerprint density at radius 1 is 1.47 bits per heavy atom. The Hall–Kier alpha value is -1.06. The monoisotopic (exact) mass is 209 g/mol. The maximum absolute atomic E-state index is 5.14. The van der Waals surface area contributed by atoms with E-state index in [1.54, 1.807) is 0 Å². The molecule has 2 atom stereocenters. The van der Waals surface area contributed by atoms with Crippen molar-refractivity contribution in [2.24, 2.45) is 5.92 Å². The molecule has 1 fully saturated rings. The fourth-order valence-corrected chi connectivity index (χ4v) is 2.15. The molecule has 1 aromatic heterocycles. The average molecular weight is 209 g/mol. The van der Waals surface area contributed by atoms with Gasteiger partial charge in [-0.1, -0.05) is 19.0 Å². The highest BCUT2D eigenvalue weighted by molar-refractivity contribution is 5.19. The summed E-state index contributed by atoms with van der Waals surface area (Å²) in [6, 6.07) is 0.575. The highest BCUT2D eigenvalue weighted by atomic mass is 16.5. The largest absolute Gasteiger partial charge is 0.338 e. The lowest BCUT2D eigenvalue weighted by Crippen LogP contribution is -2.01. The minimum absolute atomic E-state index is 0.515. The van der Waals surface area contributed by atoms with E-state index in [1.807, 2.05) is 0 Å². The fourth-order valence-electron chi connectivity index (χ4n) is 2.15. The first-order chi connectivity index (χ1) is 7.29. The third-order valence-electron chi connectivity index (χ3n) is 3.03. The van der Waals surface area contributed by atoms with E-state index in [-0.39, 0.29) is 0 Å². The third-order valence-corrected chi connectivity index (χ3v) is 3.03. The lowest BCUT2D eigenvalue weighted by Gasteiger charge is -2.01. The smallest absolute Gasteiger partial charge is 0.321 e. The maximum atomic E-state index is 5.14. The molecule has 1 N–H and O–H groups in total. The van der Waals surface area contributed by atoms with Crippen molar-refractivity contribution < 1.29 is 4.52 Å².